The van der Waals surface area contributed by atoms with E-state index in [1.807, 2.05) is 0 Å². The van der Waals surface area contributed by atoms with Gasteiger partial charge in [0.1, 0.15) is 18.1 Å². The smallest absolute Gasteiger partial charge is 0.128 e. The first-order valence-electron chi connectivity index (χ1n) is 4.42. The first kappa shape index (κ1) is 11.5. The second kappa shape index (κ2) is 5.31. The molecule has 0 saturated heterocycles. The summed E-state index contributed by atoms with van der Waals surface area (Å²) in [7, 11) is 0. The van der Waals surface area contributed by atoms with Crippen LogP contribution < -0.4 is 0 Å². The van der Waals surface area contributed by atoms with E-state index < -0.39 is 0 Å². The van der Waals surface area contributed by atoms with Gasteiger partial charge in [-0.15, -0.1) is 0 Å². The van der Waals surface area contributed by atoms with E-state index in [2.05, 4.69) is 9.93 Å². The summed E-state index contributed by atoms with van der Waals surface area (Å²) in [5, 5.41) is 18.4. The van der Waals surface area contributed by atoms with Crippen molar-refractivity contribution in [3.8, 4) is 11.5 Å². The first-order valence-corrected chi connectivity index (χ1v) is 4.42. The largest absolute Gasteiger partial charge is 0.508 e. The summed E-state index contributed by atoms with van der Waals surface area (Å²) in [6.07, 6.45) is 1.40. The lowest BCUT2D eigenvalue weighted by atomic mass is 10.2. The maximum absolute atomic E-state index is 11.4. The Hall–Kier alpha value is -1.62. The monoisotopic (exact) mass is 213 g/mol. The van der Waals surface area contributed by atoms with Crippen molar-refractivity contribution >= 4 is 6.21 Å². The summed E-state index contributed by atoms with van der Waals surface area (Å²) < 4.78 is 11.4. The highest BCUT2D eigenvalue weighted by Gasteiger charge is 2.01. The molecule has 1 aromatic carbocycles. The fourth-order valence-corrected chi connectivity index (χ4v) is 0.983. The van der Waals surface area contributed by atoms with Crippen molar-refractivity contribution < 1.29 is 19.7 Å². The van der Waals surface area contributed by atoms with Crippen molar-refractivity contribution in [2.45, 2.75) is 13.0 Å². The van der Waals surface area contributed by atoms with Crippen LogP contribution in [-0.2, 0) is 4.94 Å². The van der Waals surface area contributed by atoms with Gasteiger partial charge in [0.2, 0.25) is 0 Å². The summed E-state index contributed by atoms with van der Waals surface area (Å²) in [5.74, 6) is -0.100. The average molecular weight is 213 g/mol. The fourth-order valence-electron chi connectivity index (χ4n) is 0.983. The van der Waals surface area contributed by atoms with E-state index in [0.717, 1.165) is 0 Å². The molecule has 0 heterocycles. The molecule has 1 atom stereocenters. The number of aliphatic imine (C=N–C) groups is 1. The Labute approximate surface area is 86.6 Å². The SMILES string of the molecule is CC(COF)N=Cc1ccc(O)cc1O. The third kappa shape index (κ3) is 3.55. The van der Waals surface area contributed by atoms with Crippen LogP contribution in [0, 0.1) is 0 Å². The quantitative estimate of drug-likeness (QED) is 0.750. The van der Waals surface area contributed by atoms with E-state index in [1.54, 1.807) is 6.92 Å². The minimum atomic E-state index is -0.330. The van der Waals surface area contributed by atoms with E-state index in [1.165, 1.54) is 24.4 Å². The predicted octanol–water partition coefficient (Wildman–Crippen LogP) is 1.81. The Balaban J connectivity index is 2.72. The third-order valence-electron chi connectivity index (χ3n) is 1.79. The molecule has 0 aliphatic heterocycles. The molecule has 0 saturated carbocycles. The van der Waals surface area contributed by atoms with Crippen molar-refractivity contribution in [3.63, 3.8) is 0 Å². The molecule has 0 aromatic heterocycles. The van der Waals surface area contributed by atoms with Crippen LogP contribution in [0.1, 0.15) is 12.5 Å². The summed E-state index contributed by atoms with van der Waals surface area (Å²) in [4.78, 5) is 7.37. The normalized spacial score (nSPS) is 13.2. The van der Waals surface area contributed by atoms with Crippen LogP contribution in [0.25, 0.3) is 0 Å². The van der Waals surface area contributed by atoms with Gasteiger partial charge in [-0.2, -0.15) is 4.94 Å². The van der Waals surface area contributed by atoms with E-state index in [0.29, 0.717) is 5.56 Å². The van der Waals surface area contributed by atoms with Crippen molar-refractivity contribution in [3.05, 3.63) is 23.8 Å². The third-order valence-corrected chi connectivity index (χ3v) is 1.79. The zero-order valence-electron chi connectivity index (χ0n) is 8.22. The summed E-state index contributed by atoms with van der Waals surface area (Å²) >= 11 is 0. The molecule has 1 aromatic rings. The molecule has 0 bridgehead atoms. The lowest BCUT2D eigenvalue weighted by Crippen LogP contribution is -2.05. The molecule has 0 amide bonds. The highest BCUT2D eigenvalue weighted by molar-refractivity contribution is 5.83. The number of phenols is 2. The van der Waals surface area contributed by atoms with Crippen LogP contribution in [0.5, 0.6) is 11.5 Å². The zero-order chi connectivity index (χ0) is 11.3. The molecule has 5 heteroatoms. The molecule has 2 N–H and O–H groups in total. The number of nitrogens with zero attached hydrogens (tertiary/aromatic N) is 1. The zero-order valence-corrected chi connectivity index (χ0v) is 8.22. The van der Waals surface area contributed by atoms with Crippen LogP contribution in [0.15, 0.2) is 23.2 Å². The van der Waals surface area contributed by atoms with Crippen LogP contribution in [0.2, 0.25) is 0 Å². The fraction of sp³-hybridized carbons (Fsp3) is 0.300. The highest BCUT2D eigenvalue weighted by Crippen LogP contribution is 2.20. The molecule has 0 spiro atoms. The Morgan fingerprint density at radius 1 is 1.53 bits per heavy atom. The number of halogens is 1. The van der Waals surface area contributed by atoms with E-state index in [4.69, 9.17) is 5.11 Å². The minimum absolute atomic E-state index is 0.0233. The van der Waals surface area contributed by atoms with Gasteiger partial charge < -0.3 is 10.2 Å². The van der Waals surface area contributed by atoms with Crippen LogP contribution in [-0.4, -0.2) is 29.1 Å². The van der Waals surface area contributed by atoms with E-state index in [9.17, 15) is 9.63 Å². The maximum Gasteiger partial charge on any atom is 0.128 e. The van der Waals surface area contributed by atoms with Crippen LogP contribution in [0.4, 0.5) is 4.53 Å². The number of rotatable bonds is 4. The average Bonchev–Trinajstić information content (AvgIpc) is 2.17. The lowest BCUT2D eigenvalue weighted by molar-refractivity contribution is -0.135. The van der Waals surface area contributed by atoms with Crippen LogP contribution >= 0.6 is 0 Å². The van der Waals surface area contributed by atoms with Gasteiger partial charge in [-0.05, 0) is 23.6 Å². The van der Waals surface area contributed by atoms with Gasteiger partial charge in [-0.3, -0.25) is 4.99 Å². The van der Waals surface area contributed by atoms with Crippen molar-refractivity contribution in [1.82, 2.24) is 0 Å². The molecule has 0 aliphatic rings. The Morgan fingerprint density at radius 3 is 2.87 bits per heavy atom. The van der Waals surface area contributed by atoms with Gasteiger partial charge in [0.05, 0.1) is 6.04 Å². The molecule has 4 nitrogen and oxygen atoms in total. The van der Waals surface area contributed by atoms with Crippen molar-refractivity contribution in [2.75, 3.05) is 6.61 Å². The molecule has 1 rings (SSSR count). The van der Waals surface area contributed by atoms with Crippen LogP contribution in [0.3, 0.4) is 0 Å². The molecule has 1 unspecified atom stereocenters. The molecule has 0 fully saturated rings. The van der Waals surface area contributed by atoms with Crippen molar-refractivity contribution in [1.29, 1.82) is 0 Å². The van der Waals surface area contributed by atoms with Crippen molar-refractivity contribution in [2.24, 2.45) is 4.99 Å². The van der Waals surface area contributed by atoms with Gasteiger partial charge >= 0.3 is 0 Å². The summed E-state index contributed by atoms with van der Waals surface area (Å²) in [6, 6.07) is 3.81. The van der Waals surface area contributed by atoms with Gasteiger partial charge in [-0.25, -0.2) is 0 Å². The second-order valence-electron chi connectivity index (χ2n) is 3.15. The Morgan fingerprint density at radius 2 is 2.27 bits per heavy atom. The number of phenolic OH excluding ortho intramolecular Hbond substituents is 2. The molecule has 0 radical (unpaired) electrons. The summed E-state index contributed by atoms with van der Waals surface area (Å²) in [6.45, 7) is 1.54. The lowest BCUT2D eigenvalue weighted by Gasteiger charge is -2.02. The number of benzene rings is 1. The Bertz CT molecular complexity index is 355. The highest BCUT2D eigenvalue weighted by atomic mass is 19.3. The van der Waals surface area contributed by atoms with Gasteiger partial charge in [-0.1, -0.05) is 0 Å². The summed E-state index contributed by atoms with van der Waals surface area (Å²) in [5.41, 5.74) is 0.457. The molecular formula is C10H12FNO3. The maximum atomic E-state index is 11.4. The topological polar surface area (TPSA) is 62.0 Å². The Kier molecular flexibility index (Phi) is 4.05. The number of hydrogen-bond donors (Lipinski definition) is 2. The number of aromatic hydroxyl groups is 2. The molecule has 0 aliphatic carbocycles. The standard InChI is InChI=1S/C10H12FNO3/c1-7(6-15-11)12-5-8-2-3-9(13)4-10(8)14/h2-5,7,13-14H,6H2,1H3. The second-order valence-corrected chi connectivity index (χ2v) is 3.15. The molecular weight excluding hydrogens is 201 g/mol. The van der Waals surface area contributed by atoms with Gasteiger partial charge in [0.25, 0.3) is 0 Å². The molecule has 15 heavy (non-hydrogen) atoms. The van der Waals surface area contributed by atoms with Gasteiger partial charge in [0.15, 0.2) is 0 Å². The molecule has 82 valence electrons. The minimum Gasteiger partial charge on any atom is -0.508 e. The van der Waals surface area contributed by atoms with Gasteiger partial charge in [0, 0.05) is 17.8 Å². The predicted molar refractivity (Wildman–Crippen MR) is 53.9 cm³/mol. The van der Waals surface area contributed by atoms with E-state index in [-0.39, 0.29) is 24.1 Å². The first-order chi connectivity index (χ1) is 7.13. The number of hydrogen-bond acceptors (Lipinski definition) is 4. The van der Waals surface area contributed by atoms with E-state index >= 15 is 0 Å².